The van der Waals surface area contributed by atoms with Crippen molar-refractivity contribution >= 4 is 28.6 Å². The molecule has 118 valence electrons. The van der Waals surface area contributed by atoms with Gasteiger partial charge in [0.05, 0.1) is 11.4 Å². The van der Waals surface area contributed by atoms with Gasteiger partial charge in [-0.15, -0.1) is 0 Å². The molecule has 1 aromatic heterocycles. The van der Waals surface area contributed by atoms with Gasteiger partial charge in [0, 0.05) is 47.8 Å². The minimum atomic E-state index is 0.151. The van der Waals surface area contributed by atoms with Gasteiger partial charge < -0.3 is 0 Å². The molecular weight excluding hydrogens is 300 g/mol. The predicted molar refractivity (Wildman–Crippen MR) is 94.5 cm³/mol. The smallest absolute Gasteiger partial charge is 0.170 e. The molecule has 5 heteroatoms. The number of aliphatic imine (C=N–C) groups is 1. The number of ketones is 1. The van der Waals surface area contributed by atoms with Gasteiger partial charge in [-0.1, -0.05) is 12.1 Å². The van der Waals surface area contributed by atoms with E-state index in [2.05, 4.69) is 20.2 Å². The number of pyridine rings is 1. The van der Waals surface area contributed by atoms with E-state index >= 15 is 0 Å². The van der Waals surface area contributed by atoms with Crippen molar-refractivity contribution in [1.82, 2.24) is 4.98 Å². The summed E-state index contributed by atoms with van der Waals surface area (Å²) in [5.74, 6) is 0.151. The number of fused-ring (bicyclic) bond motifs is 1. The van der Waals surface area contributed by atoms with Crippen LogP contribution in [0.25, 0.3) is 0 Å². The number of benzene rings is 1. The van der Waals surface area contributed by atoms with Gasteiger partial charge in [-0.2, -0.15) is 10.2 Å². The van der Waals surface area contributed by atoms with Crippen molar-refractivity contribution in [1.29, 1.82) is 0 Å². The molecule has 5 nitrogen and oxygen atoms in total. The third-order valence-electron chi connectivity index (χ3n) is 4.25. The number of aromatic nitrogens is 1. The standard InChI is InChI=1S/C19H16N4O/c24-19-12-14(21-17-4-2-1-3-16(17)19)5-6-15-11-18(23-22-15)13-7-9-20-10-8-13/h1-4,7-10H,5-6,11-12H2. The Morgan fingerprint density at radius 2 is 1.67 bits per heavy atom. The molecule has 0 spiro atoms. The summed E-state index contributed by atoms with van der Waals surface area (Å²) in [6.45, 7) is 0. The Labute approximate surface area is 139 Å². The van der Waals surface area contributed by atoms with Gasteiger partial charge in [0.1, 0.15) is 0 Å². The number of rotatable bonds is 4. The van der Waals surface area contributed by atoms with E-state index < -0.39 is 0 Å². The largest absolute Gasteiger partial charge is 0.294 e. The Bertz CT molecular complexity index is 881. The molecule has 3 heterocycles. The highest BCUT2D eigenvalue weighted by Crippen LogP contribution is 2.27. The molecule has 0 unspecified atom stereocenters. The lowest BCUT2D eigenvalue weighted by molar-refractivity contribution is 0.0999. The van der Waals surface area contributed by atoms with Crippen LogP contribution in [0.15, 0.2) is 64.0 Å². The zero-order valence-corrected chi connectivity index (χ0v) is 13.1. The quantitative estimate of drug-likeness (QED) is 0.861. The lowest BCUT2D eigenvalue weighted by atomic mass is 9.96. The van der Waals surface area contributed by atoms with E-state index in [0.29, 0.717) is 6.42 Å². The van der Waals surface area contributed by atoms with Crippen LogP contribution in [-0.4, -0.2) is 27.9 Å². The van der Waals surface area contributed by atoms with Crippen molar-refractivity contribution in [3.8, 4) is 0 Å². The van der Waals surface area contributed by atoms with E-state index in [9.17, 15) is 4.79 Å². The molecule has 0 N–H and O–H groups in total. The molecule has 4 rings (SSSR count). The molecule has 24 heavy (non-hydrogen) atoms. The minimum absolute atomic E-state index is 0.151. The summed E-state index contributed by atoms with van der Waals surface area (Å²) in [7, 11) is 0. The predicted octanol–water partition coefficient (Wildman–Crippen LogP) is 3.77. The Morgan fingerprint density at radius 3 is 2.54 bits per heavy atom. The van der Waals surface area contributed by atoms with Crippen molar-refractivity contribution in [3.63, 3.8) is 0 Å². The molecule has 2 aliphatic rings. The lowest BCUT2D eigenvalue weighted by Crippen LogP contribution is -2.14. The molecule has 2 aromatic rings. The van der Waals surface area contributed by atoms with Crippen molar-refractivity contribution in [2.75, 3.05) is 0 Å². The van der Waals surface area contributed by atoms with E-state index in [0.717, 1.165) is 53.2 Å². The summed E-state index contributed by atoms with van der Waals surface area (Å²) in [6.07, 6.45) is 6.21. The van der Waals surface area contributed by atoms with Crippen LogP contribution in [0.4, 0.5) is 5.69 Å². The Kier molecular flexibility index (Phi) is 3.83. The Morgan fingerprint density at radius 1 is 0.875 bits per heavy atom. The van der Waals surface area contributed by atoms with Gasteiger partial charge in [-0.25, -0.2) is 0 Å². The molecule has 0 saturated heterocycles. The van der Waals surface area contributed by atoms with Gasteiger partial charge in [0.15, 0.2) is 5.78 Å². The average molecular weight is 316 g/mol. The van der Waals surface area contributed by atoms with Crippen LogP contribution in [0.1, 0.15) is 41.6 Å². The Hall–Kier alpha value is -2.95. The van der Waals surface area contributed by atoms with E-state index in [-0.39, 0.29) is 5.78 Å². The SMILES string of the molecule is O=C1CC(CCC2=NN=C(c3ccncc3)C2)=Nc2ccccc21. The first-order valence-corrected chi connectivity index (χ1v) is 8.01. The van der Waals surface area contributed by atoms with E-state index in [1.165, 1.54) is 0 Å². The van der Waals surface area contributed by atoms with E-state index in [1.807, 2.05) is 36.4 Å². The highest BCUT2D eigenvalue weighted by Gasteiger charge is 2.20. The zero-order valence-electron chi connectivity index (χ0n) is 13.1. The van der Waals surface area contributed by atoms with Gasteiger partial charge in [0.2, 0.25) is 0 Å². The molecule has 0 atom stereocenters. The van der Waals surface area contributed by atoms with Crippen LogP contribution in [0.3, 0.4) is 0 Å². The molecule has 0 bridgehead atoms. The fraction of sp³-hybridized carbons (Fsp3) is 0.211. The van der Waals surface area contributed by atoms with Crippen molar-refractivity contribution in [3.05, 3.63) is 59.9 Å². The minimum Gasteiger partial charge on any atom is -0.294 e. The number of nitrogens with zero attached hydrogens (tertiary/aromatic N) is 4. The normalized spacial score (nSPS) is 16.3. The van der Waals surface area contributed by atoms with Crippen LogP contribution in [0.5, 0.6) is 0 Å². The monoisotopic (exact) mass is 316 g/mol. The molecule has 0 aliphatic carbocycles. The fourth-order valence-corrected chi connectivity index (χ4v) is 2.97. The molecule has 0 radical (unpaired) electrons. The molecule has 0 saturated carbocycles. The first-order chi connectivity index (χ1) is 11.8. The molecule has 0 amide bonds. The van der Waals surface area contributed by atoms with Crippen LogP contribution in [0.2, 0.25) is 0 Å². The maximum Gasteiger partial charge on any atom is 0.170 e. The van der Waals surface area contributed by atoms with Gasteiger partial charge >= 0.3 is 0 Å². The number of carbonyl (C=O) groups is 1. The second kappa shape index (κ2) is 6.28. The third-order valence-corrected chi connectivity index (χ3v) is 4.25. The highest BCUT2D eigenvalue weighted by atomic mass is 16.1. The second-order valence-corrected chi connectivity index (χ2v) is 5.92. The molecule has 2 aliphatic heterocycles. The maximum absolute atomic E-state index is 12.2. The topological polar surface area (TPSA) is 67.0 Å². The average Bonchev–Trinajstić information content (AvgIpc) is 3.10. The molecule has 0 fully saturated rings. The van der Waals surface area contributed by atoms with Gasteiger partial charge in [-0.3, -0.25) is 14.8 Å². The van der Waals surface area contributed by atoms with Gasteiger partial charge in [0.25, 0.3) is 0 Å². The number of hydrogen-bond donors (Lipinski definition) is 0. The summed E-state index contributed by atoms with van der Waals surface area (Å²) in [4.78, 5) is 20.8. The lowest BCUT2D eigenvalue weighted by Gasteiger charge is -2.14. The van der Waals surface area contributed by atoms with Crippen molar-refractivity contribution in [2.24, 2.45) is 15.2 Å². The summed E-state index contributed by atoms with van der Waals surface area (Å²) < 4.78 is 0. The second-order valence-electron chi connectivity index (χ2n) is 5.92. The van der Waals surface area contributed by atoms with Crippen molar-refractivity contribution < 1.29 is 4.79 Å². The van der Waals surface area contributed by atoms with Crippen molar-refractivity contribution in [2.45, 2.75) is 25.7 Å². The van der Waals surface area contributed by atoms with Crippen LogP contribution in [0, 0.1) is 0 Å². The number of hydrogen-bond acceptors (Lipinski definition) is 5. The third kappa shape index (κ3) is 2.93. The first kappa shape index (κ1) is 14.6. The molecule has 1 aromatic carbocycles. The summed E-state index contributed by atoms with van der Waals surface area (Å²) in [5, 5.41) is 8.56. The highest BCUT2D eigenvalue weighted by molar-refractivity contribution is 6.18. The summed E-state index contributed by atoms with van der Waals surface area (Å²) >= 11 is 0. The fourth-order valence-electron chi connectivity index (χ4n) is 2.97. The van der Waals surface area contributed by atoms with Crippen LogP contribution in [-0.2, 0) is 0 Å². The van der Waals surface area contributed by atoms with E-state index in [1.54, 1.807) is 12.4 Å². The maximum atomic E-state index is 12.2. The number of para-hydroxylation sites is 1. The zero-order chi connectivity index (χ0) is 16.4. The van der Waals surface area contributed by atoms with Gasteiger partial charge in [-0.05, 0) is 37.1 Å². The van der Waals surface area contributed by atoms with Crippen LogP contribution >= 0.6 is 0 Å². The summed E-state index contributed by atoms with van der Waals surface area (Å²) in [5.41, 5.74) is 5.51. The first-order valence-electron chi connectivity index (χ1n) is 8.01. The number of Topliss-reactive ketones (excluding diaryl/α,β-unsaturated/α-hetero) is 1. The summed E-state index contributed by atoms with van der Waals surface area (Å²) in [6, 6.07) is 11.4. The number of carbonyl (C=O) groups excluding carboxylic acids is 1. The van der Waals surface area contributed by atoms with Crippen LogP contribution < -0.4 is 0 Å². The Balaban J connectivity index is 1.39. The molecular formula is C19H16N4O. The van der Waals surface area contributed by atoms with E-state index in [4.69, 9.17) is 0 Å².